The summed E-state index contributed by atoms with van der Waals surface area (Å²) in [5.74, 6) is 0.933. The number of hydrogen-bond acceptors (Lipinski definition) is 4. The average molecular weight is 302 g/mol. The monoisotopic (exact) mass is 301 g/mol. The summed E-state index contributed by atoms with van der Waals surface area (Å²) < 4.78 is 6.09. The van der Waals surface area contributed by atoms with Crippen LogP contribution in [0.3, 0.4) is 0 Å². The Morgan fingerprint density at radius 2 is 2.28 bits per heavy atom. The highest BCUT2D eigenvalue weighted by Gasteiger charge is 2.15. The molecule has 0 saturated heterocycles. The molecule has 0 aliphatic heterocycles. The third-order valence-electron chi connectivity index (χ3n) is 2.66. The minimum Gasteiger partial charge on any atom is -0.496 e. The molecule has 2 nitrogen and oxygen atoms in total. The lowest BCUT2D eigenvalue weighted by molar-refractivity contribution is 0.415. The molecule has 0 spiro atoms. The van der Waals surface area contributed by atoms with Crippen molar-refractivity contribution in [3.63, 3.8) is 0 Å². The summed E-state index contributed by atoms with van der Waals surface area (Å²) in [5, 5.41) is 5.56. The largest absolute Gasteiger partial charge is 0.496 e. The van der Waals surface area contributed by atoms with Crippen molar-refractivity contribution in [2.24, 2.45) is 0 Å². The smallest absolute Gasteiger partial charge is 0.129 e. The summed E-state index contributed by atoms with van der Waals surface area (Å²) in [6.07, 6.45) is 0.967. The molecule has 18 heavy (non-hydrogen) atoms. The molecule has 2 aromatic heterocycles. The summed E-state index contributed by atoms with van der Waals surface area (Å²) >= 11 is 9.35. The Bertz CT molecular complexity index is 495. The van der Waals surface area contributed by atoms with Crippen molar-refractivity contribution in [3.8, 4) is 5.75 Å². The van der Waals surface area contributed by atoms with Crippen LogP contribution in [-0.4, -0.2) is 13.7 Å². The van der Waals surface area contributed by atoms with Gasteiger partial charge in [0.2, 0.25) is 0 Å². The van der Waals surface area contributed by atoms with Crippen LogP contribution in [0.5, 0.6) is 5.75 Å². The fourth-order valence-corrected chi connectivity index (χ4v) is 3.87. The van der Waals surface area contributed by atoms with Gasteiger partial charge in [0.15, 0.2) is 0 Å². The zero-order chi connectivity index (χ0) is 13.0. The van der Waals surface area contributed by atoms with Gasteiger partial charge in [-0.25, -0.2) is 0 Å². The van der Waals surface area contributed by atoms with E-state index in [1.54, 1.807) is 29.8 Å². The van der Waals surface area contributed by atoms with E-state index < -0.39 is 0 Å². The van der Waals surface area contributed by atoms with Crippen LogP contribution < -0.4 is 10.1 Å². The molecule has 0 saturated carbocycles. The van der Waals surface area contributed by atoms with Gasteiger partial charge in [-0.05, 0) is 24.7 Å². The normalized spacial score (nSPS) is 12.6. The van der Waals surface area contributed by atoms with Gasteiger partial charge in [-0.2, -0.15) is 0 Å². The average Bonchev–Trinajstić information content (AvgIpc) is 2.97. The predicted molar refractivity (Wildman–Crippen MR) is 80.3 cm³/mol. The van der Waals surface area contributed by atoms with E-state index in [9.17, 15) is 0 Å². The van der Waals surface area contributed by atoms with Crippen LogP contribution in [0.2, 0.25) is 4.34 Å². The molecule has 0 fully saturated rings. The quantitative estimate of drug-likeness (QED) is 0.855. The topological polar surface area (TPSA) is 21.3 Å². The van der Waals surface area contributed by atoms with E-state index in [4.69, 9.17) is 16.3 Å². The SMILES string of the molecule is CCNC(Cc1ccc(Cl)s1)c1cc(OC)cs1. The maximum absolute atomic E-state index is 5.97. The Labute approximate surface area is 121 Å². The maximum Gasteiger partial charge on any atom is 0.129 e. The van der Waals surface area contributed by atoms with Crippen LogP contribution in [0.15, 0.2) is 23.6 Å². The summed E-state index contributed by atoms with van der Waals surface area (Å²) in [6, 6.07) is 6.49. The summed E-state index contributed by atoms with van der Waals surface area (Å²) in [7, 11) is 1.70. The summed E-state index contributed by atoms with van der Waals surface area (Å²) in [4.78, 5) is 2.61. The number of methoxy groups -OCH3 is 1. The van der Waals surface area contributed by atoms with Crippen LogP contribution in [0.1, 0.15) is 22.7 Å². The molecule has 0 radical (unpaired) electrons. The Hall–Kier alpha value is -0.550. The molecule has 0 aliphatic carbocycles. The number of likely N-dealkylation sites (N-methyl/N-ethyl adjacent to an activating group) is 1. The molecular formula is C13H16ClNOS2. The zero-order valence-electron chi connectivity index (χ0n) is 10.4. The van der Waals surface area contributed by atoms with Gasteiger partial charge in [-0.15, -0.1) is 22.7 Å². The van der Waals surface area contributed by atoms with Gasteiger partial charge in [0.25, 0.3) is 0 Å². The second kappa shape index (κ2) is 6.57. The molecule has 98 valence electrons. The first-order chi connectivity index (χ1) is 8.72. The fraction of sp³-hybridized carbons (Fsp3) is 0.385. The van der Waals surface area contributed by atoms with E-state index in [2.05, 4.69) is 24.4 Å². The lowest BCUT2D eigenvalue weighted by Gasteiger charge is -2.15. The molecule has 2 heterocycles. The van der Waals surface area contributed by atoms with Crippen molar-refractivity contribution in [2.45, 2.75) is 19.4 Å². The molecule has 1 atom stereocenters. The van der Waals surface area contributed by atoms with Crippen LogP contribution in [0, 0.1) is 0 Å². The van der Waals surface area contributed by atoms with Crippen molar-refractivity contribution in [1.29, 1.82) is 0 Å². The van der Waals surface area contributed by atoms with Gasteiger partial charge >= 0.3 is 0 Å². The lowest BCUT2D eigenvalue weighted by Crippen LogP contribution is -2.21. The minimum absolute atomic E-state index is 0.332. The van der Waals surface area contributed by atoms with Gasteiger partial charge in [-0.1, -0.05) is 18.5 Å². The maximum atomic E-state index is 5.97. The van der Waals surface area contributed by atoms with E-state index in [0.29, 0.717) is 6.04 Å². The Balaban J connectivity index is 2.12. The second-order valence-corrected chi connectivity index (χ2v) is 6.65. The molecule has 5 heteroatoms. The second-order valence-electron chi connectivity index (χ2n) is 3.91. The molecule has 1 N–H and O–H groups in total. The number of thiophene rings is 2. The third kappa shape index (κ3) is 3.48. The fourth-order valence-electron chi connectivity index (χ4n) is 1.81. The standard InChI is InChI=1S/C13H16ClNOS2/c1-3-15-11(7-10-4-5-13(14)18-10)12-6-9(16-2)8-17-12/h4-6,8,11,15H,3,7H2,1-2H3. The van der Waals surface area contributed by atoms with E-state index in [-0.39, 0.29) is 0 Å². The van der Waals surface area contributed by atoms with Crippen LogP contribution in [-0.2, 0) is 6.42 Å². The number of nitrogens with one attached hydrogen (secondary N) is 1. The first kappa shape index (κ1) is 13.9. The van der Waals surface area contributed by atoms with E-state index >= 15 is 0 Å². The summed E-state index contributed by atoms with van der Waals surface area (Å²) in [6.45, 7) is 3.07. The van der Waals surface area contributed by atoms with Gasteiger partial charge in [-0.3, -0.25) is 0 Å². The highest BCUT2D eigenvalue weighted by molar-refractivity contribution is 7.16. The molecule has 1 unspecified atom stereocenters. The van der Waals surface area contributed by atoms with Crippen molar-refractivity contribution < 1.29 is 4.74 Å². The van der Waals surface area contributed by atoms with E-state index in [0.717, 1.165) is 23.1 Å². The van der Waals surface area contributed by atoms with Crippen molar-refractivity contribution >= 4 is 34.3 Å². The molecule has 0 bridgehead atoms. The van der Waals surface area contributed by atoms with Gasteiger partial charge in [0.1, 0.15) is 5.75 Å². The Morgan fingerprint density at radius 3 is 2.83 bits per heavy atom. The molecule has 0 amide bonds. The number of rotatable bonds is 6. The van der Waals surface area contributed by atoms with Crippen molar-refractivity contribution in [1.82, 2.24) is 5.32 Å². The molecule has 2 rings (SSSR count). The van der Waals surface area contributed by atoms with Crippen molar-refractivity contribution in [3.05, 3.63) is 37.7 Å². The lowest BCUT2D eigenvalue weighted by atomic mass is 10.1. The minimum atomic E-state index is 0.332. The zero-order valence-corrected chi connectivity index (χ0v) is 12.8. The highest BCUT2D eigenvalue weighted by atomic mass is 35.5. The number of hydrogen-bond donors (Lipinski definition) is 1. The van der Waals surface area contributed by atoms with Gasteiger partial charge in [0, 0.05) is 27.6 Å². The molecule has 0 aromatic carbocycles. The number of ether oxygens (including phenoxy) is 1. The molecular weight excluding hydrogens is 286 g/mol. The first-order valence-corrected chi connectivity index (χ1v) is 7.90. The van der Waals surface area contributed by atoms with Crippen LogP contribution in [0.4, 0.5) is 0 Å². The van der Waals surface area contributed by atoms with Gasteiger partial charge < -0.3 is 10.1 Å². The Morgan fingerprint density at radius 1 is 1.44 bits per heavy atom. The van der Waals surface area contributed by atoms with Crippen LogP contribution in [0.25, 0.3) is 0 Å². The van der Waals surface area contributed by atoms with Crippen molar-refractivity contribution in [2.75, 3.05) is 13.7 Å². The highest BCUT2D eigenvalue weighted by Crippen LogP contribution is 2.31. The van der Waals surface area contributed by atoms with Gasteiger partial charge in [0.05, 0.1) is 11.4 Å². The third-order valence-corrected chi connectivity index (χ3v) is 4.94. The van der Waals surface area contributed by atoms with E-state index in [1.807, 2.05) is 11.4 Å². The molecule has 2 aromatic rings. The van der Waals surface area contributed by atoms with Crippen LogP contribution >= 0.6 is 34.3 Å². The first-order valence-electron chi connectivity index (χ1n) is 5.83. The Kier molecular flexibility index (Phi) is 5.06. The number of halogens is 1. The van der Waals surface area contributed by atoms with E-state index in [1.165, 1.54) is 9.75 Å². The molecule has 0 aliphatic rings. The summed E-state index contributed by atoms with van der Waals surface area (Å²) in [5.41, 5.74) is 0. The predicted octanol–water partition coefficient (Wildman–Crippen LogP) is 4.36.